The van der Waals surface area contributed by atoms with Gasteiger partial charge in [-0.2, -0.15) is 5.10 Å². The van der Waals surface area contributed by atoms with Crippen molar-refractivity contribution in [3.8, 4) is 0 Å². The van der Waals surface area contributed by atoms with Gasteiger partial charge < -0.3 is 10.4 Å². The highest BCUT2D eigenvalue weighted by Gasteiger charge is 2.53. The van der Waals surface area contributed by atoms with Crippen LogP contribution >= 0.6 is 0 Å². The zero-order chi connectivity index (χ0) is 14.2. The van der Waals surface area contributed by atoms with Gasteiger partial charge in [-0.1, -0.05) is 0 Å². The first kappa shape index (κ1) is 13.5. The fourth-order valence-electron chi connectivity index (χ4n) is 2.90. The lowest BCUT2D eigenvalue weighted by molar-refractivity contribution is -0.385. The number of aliphatic hydroxyl groups excluding tert-OH is 1. The molecule has 0 aliphatic heterocycles. The number of nitrogens with zero attached hydrogens (tertiary/aromatic N) is 3. The van der Waals surface area contributed by atoms with Gasteiger partial charge >= 0.3 is 5.69 Å². The quantitative estimate of drug-likeness (QED) is 0.546. The molecule has 7 heteroatoms. The molecule has 2 aliphatic carbocycles. The van der Waals surface area contributed by atoms with E-state index in [0.717, 1.165) is 12.5 Å². The smallest absolute Gasteiger partial charge is 0.306 e. The van der Waals surface area contributed by atoms with Gasteiger partial charge in [-0.3, -0.25) is 14.8 Å². The average molecular weight is 280 g/mol. The zero-order valence-corrected chi connectivity index (χ0v) is 11.4. The normalized spacial score (nSPS) is 21.6. The second-order valence-corrected chi connectivity index (χ2v) is 6.10. The Kier molecular flexibility index (Phi) is 3.47. The van der Waals surface area contributed by atoms with Crippen molar-refractivity contribution in [2.75, 3.05) is 13.1 Å². The molecule has 3 rings (SSSR count). The minimum Gasteiger partial charge on any atom is -0.390 e. The Balaban J connectivity index is 1.40. The van der Waals surface area contributed by atoms with E-state index in [1.54, 1.807) is 0 Å². The van der Waals surface area contributed by atoms with Gasteiger partial charge in [-0.05, 0) is 37.0 Å². The molecule has 0 radical (unpaired) electrons. The first-order chi connectivity index (χ1) is 9.59. The largest absolute Gasteiger partial charge is 0.390 e. The molecule has 110 valence electrons. The van der Waals surface area contributed by atoms with E-state index >= 15 is 0 Å². The van der Waals surface area contributed by atoms with Gasteiger partial charge in [-0.15, -0.1) is 0 Å². The third-order valence-corrected chi connectivity index (χ3v) is 4.42. The molecule has 2 saturated carbocycles. The van der Waals surface area contributed by atoms with Crippen LogP contribution in [0.2, 0.25) is 0 Å². The molecule has 2 N–H and O–H groups in total. The SMILES string of the molecule is O=[N+]([O-])c1cnn(CC(O)CNCC2(C3CC3)CC2)c1. The van der Waals surface area contributed by atoms with E-state index in [4.69, 9.17) is 0 Å². The first-order valence-corrected chi connectivity index (χ1v) is 7.15. The molecule has 0 amide bonds. The number of aromatic nitrogens is 2. The van der Waals surface area contributed by atoms with Gasteiger partial charge in [0.15, 0.2) is 0 Å². The Morgan fingerprint density at radius 2 is 2.35 bits per heavy atom. The minimum atomic E-state index is -0.579. The summed E-state index contributed by atoms with van der Waals surface area (Å²) in [4.78, 5) is 10.1. The van der Waals surface area contributed by atoms with Crippen molar-refractivity contribution in [2.45, 2.75) is 38.3 Å². The molecule has 2 aliphatic rings. The Hall–Kier alpha value is -1.47. The van der Waals surface area contributed by atoms with Gasteiger partial charge in [0.1, 0.15) is 12.4 Å². The van der Waals surface area contributed by atoms with Crippen molar-refractivity contribution in [3.63, 3.8) is 0 Å². The molecule has 0 bridgehead atoms. The number of hydrogen-bond donors (Lipinski definition) is 2. The second kappa shape index (κ2) is 5.14. The lowest BCUT2D eigenvalue weighted by Gasteiger charge is -2.17. The molecule has 20 heavy (non-hydrogen) atoms. The number of aliphatic hydroxyl groups is 1. The molecular formula is C13H20N4O3. The highest BCUT2D eigenvalue weighted by Crippen LogP contribution is 2.60. The van der Waals surface area contributed by atoms with Crippen LogP contribution in [0.3, 0.4) is 0 Å². The van der Waals surface area contributed by atoms with Crippen LogP contribution in [0.25, 0.3) is 0 Å². The maximum absolute atomic E-state index is 10.5. The molecule has 0 spiro atoms. The molecule has 0 saturated heterocycles. The summed E-state index contributed by atoms with van der Waals surface area (Å²) in [5.41, 5.74) is 0.473. The van der Waals surface area contributed by atoms with E-state index in [-0.39, 0.29) is 12.2 Å². The van der Waals surface area contributed by atoms with E-state index in [1.165, 1.54) is 42.8 Å². The summed E-state index contributed by atoms with van der Waals surface area (Å²) in [5.74, 6) is 0.904. The molecule has 1 aromatic heterocycles. The van der Waals surface area contributed by atoms with Crippen molar-refractivity contribution in [1.82, 2.24) is 15.1 Å². The Morgan fingerprint density at radius 3 is 2.90 bits per heavy atom. The molecule has 1 heterocycles. The summed E-state index contributed by atoms with van der Waals surface area (Å²) in [7, 11) is 0. The Labute approximate surface area is 117 Å². The second-order valence-electron chi connectivity index (χ2n) is 6.10. The first-order valence-electron chi connectivity index (χ1n) is 7.15. The van der Waals surface area contributed by atoms with Crippen LogP contribution in [0.1, 0.15) is 25.7 Å². The molecular weight excluding hydrogens is 260 g/mol. The minimum absolute atomic E-state index is 0.0455. The third-order valence-electron chi connectivity index (χ3n) is 4.42. The van der Waals surface area contributed by atoms with Crippen LogP contribution in [0.15, 0.2) is 12.4 Å². The van der Waals surface area contributed by atoms with Gasteiger partial charge in [-0.25, -0.2) is 0 Å². The van der Waals surface area contributed by atoms with Crippen molar-refractivity contribution < 1.29 is 10.0 Å². The van der Waals surface area contributed by atoms with Crippen LogP contribution in [-0.4, -0.2) is 39.0 Å². The van der Waals surface area contributed by atoms with Gasteiger partial charge in [0.2, 0.25) is 0 Å². The number of hydrogen-bond acceptors (Lipinski definition) is 5. The highest BCUT2D eigenvalue weighted by molar-refractivity contribution is 5.20. The summed E-state index contributed by atoms with van der Waals surface area (Å²) in [5, 5.41) is 27.7. The predicted octanol–water partition coefficient (Wildman–Crippen LogP) is 0.932. The number of rotatable bonds is 8. The van der Waals surface area contributed by atoms with Gasteiger partial charge in [0.05, 0.1) is 17.6 Å². The van der Waals surface area contributed by atoms with Crippen LogP contribution in [-0.2, 0) is 6.54 Å². The van der Waals surface area contributed by atoms with Crippen LogP contribution in [0.5, 0.6) is 0 Å². The summed E-state index contributed by atoms with van der Waals surface area (Å²) >= 11 is 0. The fourth-order valence-corrected chi connectivity index (χ4v) is 2.90. The lowest BCUT2D eigenvalue weighted by Crippen LogP contribution is -2.34. The van der Waals surface area contributed by atoms with E-state index in [9.17, 15) is 15.2 Å². The van der Waals surface area contributed by atoms with Crippen molar-refractivity contribution in [2.24, 2.45) is 11.3 Å². The van der Waals surface area contributed by atoms with Crippen LogP contribution in [0.4, 0.5) is 5.69 Å². The van der Waals surface area contributed by atoms with E-state index < -0.39 is 11.0 Å². The maximum atomic E-state index is 10.5. The maximum Gasteiger partial charge on any atom is 0.306 e. The van der Waals surface area contributed by atoms with E-state index in [1.807, 2.05) is 0 Å². The number of nitro groups is 1. The van der Waals surface area contributed by atoms with Crippen molar-refractivity contribution in [1.29, 1.82) is 0 Å². The standard InChI is InChI=1S/C13H20N4O3/c18-12(8-16-7-11(5-15-16)17(19)20)6-14-9-13(3-4-13)10-1-2-10/h5,7,10,12,14,18H,1-4,6,8-9H2. The topological polar surface area (TPSA) is 93.2 Å². The van der Waals surface area contributed by atoms with Crippen LogP contribution in [0, 0.1) is 21.4 Å². The van der Waals surface area contributed by atoms with Crippen LogP contribution < -0.4 is 5.32 Å². The molecule has 1 unspecified atom stereocenters. The van der Waals surface area contributed by atoms with E-state index in [2.05, 4.69) is 10.4 Å². The summed E-state index contributed by atoms with van der Waals surface area (Å²) < 4.78 is 1.41. The predicted molar refractivity (Wildman–Crippen MR) is 72.1 cm³/mol. The van der Waals surface area contributed by atoms with Gasteiger partial charge in [0, 0.05) is 13.1 Å². The Morgan fingerprint density at radius 1 is 1.60 bits per heavy atom. The Bertz CT molecular complexity index is 494. The lowest BCUT2D eigenvalue weighted by atomic mass is 10.0. The molecule has 7 nitrogen and oxygen atoms in total. The van der Waals surface area contributed by atoms with E-state index in [0.29, 0.717) is 12.0 Å². The fraction of sp³-hybridized carbons (Fsp3) is 0.769. The zero-order valence-electron chi connectivity index (χ0n) is 11.4. The summed E-state index contributed by atoms with van der Waals surface area (Å²) in [6, 6.07) is 0. The molecule has 1 aromatic rings. The molecule has 2 fully saturated rings. The molecule has 1 atom stereocenters. The summed E-state index contributed by atoms with van der Waals surface area (Å²) in [6.45, 7) is 1.76. The monoisotopic (exact) mass is 280 g/mol. The average Bonchev–Trinajstić information content (AvgIpc) is 3.28. The summed E-state index contributed by atoms with van der Waals surface area (Å²) in [6.07, 6.45) is 7.31. The van der Waals surface area contributed by atoms with Crippen molar-refractivity contribution in [3.05, 3.63) is 22.5 Å². The molecule has 0 aromatic carbocycles. The van der Waals surface area contributed by atoms with Crippen molar-refractivity contribution >= 4 is 5.69 Å². The number of nitrogens with one attached hydrogen (secondary N) is 1. The highest BCUT2D eigenvalue weighted by atomic mass is 16.6. The van der Waals surface area contributed by atoms with Gasteiger partial charge in [0.25, 0.3) is 0 Å². The third kappa shape index (κ3) is 2.99.